The van der Waals surface area contributed by atoms with Crippen LogP contribution in [0.15, 0.2) is 51.2 Å². The van der Waals surface area contributed by atoms with Gasteiger partial charge in [0.1, 0.15) is 22.9 Å². The van der Waals surface area contributed by atoms with Gasteiger partial charge in [0.05, 0.1) is 0 Å². The summed E-state index contributed by atoms with van der Waals surface area (Å²) in [4.78, 5) is 6.08. The van der Waals surface area contributed by atoms with Crippen LogP contribution < -0.4 is 4.74 Å². The van der Waals surface area contributed by atoms with E-state index in [1.54, 1.807) is 25.2 Å². The Labute approximate surface area is 205 Å². The first-order valence-electron chi connectivity index (χ1n) is 11.4. The van der Waals surface area contributed by atoms with Gasteiger partial charge in [0, 0.05) is 50.7 Å². The predicted molar refractivity (Wildman–Crippen MR) is 133 cm³/mol. The van der Waals surface area contributed by atoms with Gasteiger partial charge in [-0.1, -0.05) is 23.4 Å². The van der Waals surface area contributed by atoms with Crippen molar-refractivity contribution in [2.24, 2.45) is 0 Å². The second-order valence-electron chi connectivity index (χ2n) is 8.65. The van der Waals surface area contributed by atoms with E-state index in [1.807, 2.05) is 12.1 Å². The Balaban J connectivity index is 1.22. The average Bonchev–Trinajstić information content (AvgIpc) is 3.43. The molecule has 0 unspecified atom stereocenters. The fourth-order valence-corrected chi connectivity index (χ4v) is 6.73. The van der Waals surface area contributed by atoms with Gasteiger partial charge in [-0.05, 0) is 50.0 Å². The molecule has 1 fully saturated rings. The standard InChI is InChI=1S/C24H32N4O4S2/c1-19-24(20(2)32-25-19)34(29,30)28-11-9-27(10-12-28)13-14-31-22-7-4-6-21(16-22)17-26(3)18-23-8-5-15-33-23/h4-8,15-16H,9-14,17-18H2,1-3H3. The third-order valence-corrected chi connectivity index (χ3v) is 8.93. The van der Waals surface area contributed by atoms with Gasteiger partial charge in [0.25, 0.3) is 0 Å². The monoisotopic (exact) mass is 504 g/mol. The molecule has 34 heavy (non-hydrogen) atoms. The van der Waals surface area contributed by atoms with Gasteiger partial charge in [-0.2, -0.15) is 4.31 Å². The van der Waals surface area contributed by atoms with Crippen LogP contribution in [0, 0.1) is 13.8 Å². The molecule has 3 aromatic rings. The molecule has 0 N–H and O–H groups in total. The summed E-state index contributed by atoms with van der Waals surface area (Å²) in [6.45, 7) is 8.62. The van der Waals surface area contributed by atoms with E-state index in [9.17, 15) is 8.42 Å². The number of hydrogen-bond acceptors (Lipinski definition) is 8. The summed E-state index contributed by atoms with van der Waals surface area (Å²) in [5.74, 6) is 1.20. The van der Waals surface area contributed by atoms with E-state index in [4.69, 9.17) is 9.26 Å². The maximum Gasteiger partial charge on any atom is 0.248 e. The molecule has 1 aliphatic heterocycles. The van der Waals surface area contributed by atoms with Crippen molar-refractivity contribution in [3.8, 4) is 5.75 Å². The number of ether oxygens (including phenoxy) is 1. The number of aromatic nitrogens is 1. The zero-order valence-corrected chi connectivity index (χ0v) is 21.6. The van der Waals surface area contributed by atoms with Crippen LogP contribution in [0.1, 0.15) is 21.9 Å². The maximum absolute atomic E-state index is 13.0. The lowest BCUT2D eigenvalue weighted by Gasteiger charge is -2.33. The molecular formula is C24H32N4O4S2. The summed E-state index contributed by atoms with van der Waals surface area (Å²) in [5, 5.41) is 5.90. The number of piperazine rings is 1. The van der Waals surface area contributed by atoms with Gasteiger partial charge in [-0.15, -0.1) is 11.3 Å². The average molecular weight is 505 g/mol. The molecule has 2 aromatic heterocycles. The van der Waals surface area contributed by atoms with Crippen molar-refractivity contribution in [1.29, 1.82) is 0 Å². The quantitative estimate of drug-likeness (QED) is 0.419. The van der Waals surface area contributed by atoms with Gasteiger partial charge in [-0.3, -0.25) is 9.80 Å². The minimum absolute atomic E-state index is 0.199. The Kier molecular flexibility index (Phi) is 8.05. The Morgan fingerprint density at radius 2 is 1.91 bits per heavy atom. The van der Waals surface area contributed by atoms with E-state index in [-0.39, 0.29) is 4.90 Å². The summed E-state index contributed by atoms with van der Waals surface area (Å²) in [5.41, 5.74) is 1.63. The van der Waals surface area contributed by atoms with Crippen LogP contribution in [0.25, 0.3) is 0 Å². The molecule has 1 aliphatic rings. The van der Waals surface area contributed by atoms with Crippen LogP contribution in [0.4, 0.5) is 0 Å². The van der Waals surface area contributed by atoms with Crippen molar-refractivity contribution in [3.05, 3.63) is 63.7 Å². The first-order valence-corrected chi connectivity index (χ1v) is 13.7. The number of hydrogen-bond donors (Lipinski definition) is 0. The summed E-state index contributed by atoms with van der Waals surface area (Å²) in [6, 6.07) is 12.5. The fourth-order valence-electron chi connectivity index (χ4n) is 4.23. The Morgan fingerprint density at radius 3 is 2.59 bits per heavy atom. The Morgan fingerprint density at radius 1 is 1.12 bits per heavy atom. The lowest BCUT2D eigenvalue weighted by Crippen LogP contribution is -2.49. The predicted octanol–water partition coefficient (Wildman–Crippen LogP) is 3.37. The summed E-state index contributed by atoms with van der Waals surface area (Å²) < 4.78 is 38.5. The van der Waals surface area contributed by atoms with Crippen molar-refractivity contribution in [2.45, 2.75) is 31.8 Å². The number of nitrogens with zero attached hydrogens (tertiary/aromatic N) is 4. The number of aryl methyl sites for hydroxylation is 2. The molecule has 10 heteroatoms. The van der Waals surface area contributed by atoms with Gasteiger partial charge in [-0.25, -0.2) is 8.42 Å². The minimum atomic E-state index is -3.58. The molecule has 0 bridgehead atoms. The molecule has 1 aromatic carbocycles. The number of benzene rings is 1. The van der Waals surface area contributed by atoms with Crippen molar-refractivity contribution in [3.63, 3.8) is 0 Å². The van der Waals surface area contributed by atoms with Crippen molar-refractivity contribution >= 4 is 21.4 Å². The summed E-state index contributed by atoms with van der Waals surface area (Å²) in [6.07, 6.45) is 0. The molecule has 0 saturated carbocycles. The van der Waals surface area contributed by atoms with Crippen LogP contribution in [0.3, 0.4) is 0 Å². The van der Waals surface area contributed by atoms with Gasteiger partial charge in [0.15, 0.2) is 5.76 Å². The van der Waals surface area contributed by atoms with Crippen LogP contribution in [-0.2, 0) is 23.1 Å². The molecule has 0 amide bonds. The second-order valence-corrected chi connectivity index (χ2v) is 11.6. The first-order chi connectivity index (χ1) is 16.3. The van der Waals surface area contributed by atoms with Gasteiger partial charge in [0.2, 0.25) is 10.0 Å². The Hall–Kier alpha value is -2.24. The molecule has 8 nitrogen and oxygen atoms in total. The third kappa shape index (κ3) is 6.05. The molecule has 0 aliphatic carbocycles. The number of sulfonamides is 1. The lowest BCUT2D eigenvalue weighted by molar-refractivity contribution is 0.158. The zero-order chi connectivity index (χ0) is 24.1. The maximum atomic E-state index is 13.0. The highest BCUT2D eigenvalue weighted by molar-refractivity contribution is 7.89. The molecule has 0 radical (unpaired) electrons. The fraction of sp³-hybridized carbons (Fsp3) is 0.458. The van der Waals surface area contributed by atoms with Crippen LogP contribution >= 0.6 is 11.3 Å². The SMILES string of the molecule is Cc1noc(C)c1S(=O)(=O)N1CCN(CCOc2cccc(CN(C)Cc3cccs3)c2)CC1. The van der Waals surface area contributed by atoms with E-state index in [0.29, 0.717) is 44.2 Å². The largest absolute Gasteiger partial charge is 0.492 e. The highest BCUT2D eigenvalue weighted by atomic mass is 32.2. The molecule has 184 valence electrons. The van der Waals surface area contributed by atoms with Crippen LogP contribution in [0.2, 0.25) is 0 Å². The molecule has 0 spiro atoms. The summed E-state index contributed by atoms with van der Waals surface area (Å²) in [7, 11) is -1.46. The highest BCUT2D eigenvalue weighted by Gasteiger charge is 2.33. The molecule has 3 heterocycles. The van der Waals surface area contributed by atoms with Crippen molar-refractivity contribution < 1.29 is 17.7 Å². The van der Waals surface area contributed by atoms with Gasteiger partial charge >= 0.3 is 0 Å². The smallest absolute Gasteiger partial charge is 0.248 e. The zero-order valence-electron chi connectivity index (χ0n) is 19.9. The van der Waals surface area contributed by atoms with E-state index in [2.05, 4.69) is 51.6 Å². The Bertz CT molecular complexity index is 1150. The van der Waals surface area contributed by atoms with Crippen molar-refractivity contribution in [1.82, 2.24) is 19.3 Å². The van der Waals surface area contributed by atoms with E-state index >= 15 is 0 Å². The normalized spacial score (nSPS) is 15.8. The molecule has 0 atom stereocenters. The van der Waals surface area contributed by atoms with Crippen molar-refractivity contribution in [2.75, 3.05) is 46.4 Å². The topological polar surface area (TPSA) is 79.1 Å². The van der Waals surface area contributed by atoms with Gasteiger partial charge < -0.3 is 9.26 Å². The van der Waals surface area contributed by atoms with Crippen LogP contribution in [-0.4, -0.2) is 74.1 Å². The second kappa shape index (κ2) is 11.0. The minimum Gasteiger partial charge on any atom is -0.492 e. The van der Waals surface area contributed by atoms with Crippen LogP contribution in [0.5, 0.6) is 5.75 Å². The first kappa shape index (κ1) is 24.9. The number of thiophene rings is 1. The lowest BCUT2D eigenvalue weighted by atomic mass is 10.2. The molecule has 1 saturated heterocycles. The molecule has 4 rings (SSSR count). The van der Waals surface area contributed by atoms with E-state index < -0.39 is 10.0 Å². The van der Waals surface area contributed by atoms with E-state index in [1.165, 1.54) is 14.7 Å². The summed E-state index contributed by atoms with van der Waals surface area (Å²) >= 11 is 1.78. The number of rotatable bonds is 10. The third-order valence-electron chi connectivity index (χ3n) is 5.93. The highest BCUT2D eigenvalue weighted by Crippen LogP contribution is 2.24. The molecular weight excluding hydrogens is 472 g/mol. The van der Waals surface area contributed by atoms with E-state index in [0.717, 1.165) is 25.4 Å².